The Morgan fingerprint density at radius 3 is 2.63 bits per heavy atom. The normalized spacial score (nSPS) is 15.4. The van der Waals surface area contributed by atoms with E-state index in [9.17, 15) is 4.79 Å². The van der Waals surface area contributed by atoms with Gasteiger partial charge in [-0.1, -0.05) is 41.9 Å². The van der Waals surface area contributed by atoms with Crippen LogP contribution in [0.3, 0.4) is 0 Å². The number of benzene rings is 2. The fourth-order valence-electron chi connectivity index (χ4n) is 3.00. The molecule has 4 rings (SSSR count). The second kappa shape index (κ2) is 7.32. The molecule has 0 saturated carbocycles. The van der Waals surface area contributed by atoms with Crippen molar-refractivity contribution in [2.24, 2.45) is 0 Å². The highest BCUT2D eigenvalue weighted by molar-refractivity contribution is 6.33. The number of halogens is 1. The SMILES string of the molecule is CN(C[C@@H]1COc2ccccc2O1)c1cnn(-c2ccccc2)c(=O)c1Cl. The van der Waals surface area contributed by atoms with E-state index in [0.29, 0.717) is 30.3 Å². The highest BCUT2D eigenvalue weighted by Crippen LogP contribution is 2.31. The van der Waals surface area contributed by atoms with Crippen molar-refractivity contribution in [2.75, 3.05) is 25.1 Å². The number of para-hydroxylation sites is 3. The number of fused-ring (bicyclic) bond motifs is 1. The van der Waals surface area contributed by atoms with Gasteiger partial charge in [0.25, 0.3) is 5.56 Å². The van der Waals surface area contributed by atoms with E-state index >= 15 is 0 Å². The molecular formula is C20H18ClN3O3. The summed E-state index contributed by atoms with van der Waals surface area (Å²) in [6, 6.07) is 16.7. The summed E-state index contributed by atoms with van der Waals surface area (Å²) in [5.74, 6) is 1.45. The van der Waals surface area contributed by atoms with Crippen molar-refractivity contribution in [1.29, 1.82) is 0 Å². The summed E-state index contributed by atoms with van der Waals surface area (Å²) in [6.45, 7) is 0.929. The van der Waals surface area contributed by atoms with E-state index in [1.165, 1.54) is 4.68 Å². The fraction of sp³-hybridized carbons (Fsp3) is 0.200. The molecule has 0 aliphatic carbocycles. The second-order valence-electron chi connectivity index (χ2n) is 6.27. The molecule has 3 aromatic rings. The van der Waals surface area contributed by atoms with Crippen LogP contribution in [-0.2, 0) is 0 Å². The zero-order valence-corrected chi connectivity index (χ0v) is 15.5. The second-order valence-corrected chi connectivity index (χ2v) is 6.65. The van der Waals surface area contributed by atoms with Crippen LogP contribution < -0.4 is 19.9 Å². The summed E-state index contributed by atoms with van der Waals surface area (Å²) < 4.78 is 13.0. The molecule has 1 aromatic heterocycles. The number of ether oxygens (including phenoxy) is 2. The Morgan fingerprint density at radius 2 is 1.85 bits per heavy atom. The summed E-state index contributed by atoms with van der Waals surface area (Å²) in [4.78, 5) is 14.5. The number of likely N-dealkylation sites (N-methyl/N-ethyl adjacent to an activating group) is 1. The van der Waals surface area contributed by atoms with Crippen molar-refractivity contribution in [3.8, 4) is 17.2 Å². The topological polar surface area (TPSA) is 56.6 Å². The minimum absolute atomic E-state index is 0.119. The summed E-state index contributed by atoms with van der Waals surface area (Å²) in [7, 11) is 1.85. The molecule has 138 valence electrons. The molecule has 2 aromatic carbocycles. The van der Waals surface area contributed by atoms with Gasteiger partial charge in [0.2, 0.25) is 0 Å². The maximum absolute atomic E-state index is 12.6. The van der Waals surface area contributed by atoms with Crippen molar-refractivity contribution >= 4 is 17.3 Å². The molecule has 1 aliphatic heterocycles. The van der Waals surface area contributed by atoms with Gasteiger partial charge in [0.05, 0.1) is 24.1 Å². The van der Waals surface area contributed by atoms with Gasteiger partial charge in [0.15, 0.2) is 17.6 Å². The number of hydrogen-bond acceptors (Lipinski definition) is 5. The van der Waals surface area contributed by atoms with Crippen LogP contribution in [0.5, 0.6) is 11.5 Å². The molecule has 1 atom stereocenters. The van der Waals surface area contributed by atoms with E-state index in [4.69, 9.17) is 21.1 Å². The average molecular weight is 384 g/mol. The van der Waals surface area contributed by atoms with Crippen molar-refractivity contribution in [3.05, 3.63) is 76.2 Å². The highest BCUT2D eigenvalue weighted by atomic mass is 35.5. The third-order valence-corrected chi connectivity index (χ3v) is 4.71. The standard InChI is InChI=1S/C20H18ClN3O3/c1-23(12-15-13-26-17-9-5-6-10-18(17)27-15)16-11-22-24(20(25)19(16)21)14-7-3-2-4-8-14/h2-11,15H,12-13H2,1H3/t15-/m1/s1. The largest absolute Gasteiger partial charge is 0.486 e. The van der Waals surface area contributed by atoms with Gasteiger partial charge >= 0.3 is 0 Å². The zero-order valence-electron chi connectivity index (χ0n) is 14.7. The van der Waals surface area contributed by atoms with Crippen molar-refractivity contribution < 1.29 is 9.47 Å². The lowest BCUT2D eigenvalue weighted by Gasteiger charge is -2.30. The molecule has 0 fully saturated rings. The van der Waals surface area contributed by atoms with E-state index in [0.717, 1.165) is 5.75 Å². The average Bonchev–Trinajstić information content (AvgIpc) is 2.70. The number of nitrogens with zero attached hydrogens (tertiary/aromatic N) is 3. The van der Waals surface area contributed by atoms with Gasteiger partial charge in [-0.15, -0.1) is 0 Å². The summed E-state index contributed by atoms with van der Waals surface area (Å²) in [5.41, 5.74) is 0.855. The first-order valence-corrected chi connectivity index (χ1v) is 8.94. The zero-order chi connectivity index (χ0) is 18.8. The molecule has 2 heterocycles. The van der Waals surface area contributed by atoms with E-state index in [1.807, 2.05) is 54.4 Å². The predicted molar refractivity (Wildman–Crippen MR) is 104 cm³/mol. The van der Waals surface area contributed by atoms with Crippen LogP contribution in [-0.4, -0.2) is 36.1 Å². The number of hydrogen-bond donors (Lipinski definition) is 0. The van der Waals surface area contributed by atoms with Crippen LogP contribution in [0.1, 0.15) is 0 Å². The summed E-state index contributed by atoms with van der Waals surface area (Å²) in [5, 5.41) is 4.38. The Balaban J connectivity index is 1.54. The third-order valence-electron chi connectivity index (χ3n) is 4.36. The highest BCUT2D eigenvalue weighted by Gasteiger charge is 2.23. The first-order chi connectivity index (χ1) is 13.1. The van der Waals surface area contributed by atoms with Gasteiger partial charge in [0.1, 0.15) is 11.6 Å². The van der Waals surface area contributed by atoms with Gasteiger partial charge < -0.3 is 14.4 Å². The summed E-state index contributed by atoms with van der Waals surface area (Å²) in [6.07, 6.45) is 1.41. The Labute approximate surface area is 161 Å². The number of anilines is 1. The van der Waals surface area contributed by atoms with Crippen molar-refractivity contribution in [1.82, 2.24) is 9.78 Å². The molecule has 0 amide bonds. The van der Waals surface area contributed by atoms with Crippen LogP contribution in [0.25, 0.3) is 5.69 Å². The van der Waals surface area contributed by atoms with Crippen molar-refractivity contribution in [2.45, 2.75) is 6.10 Å². The van der Waals surface area contributed by atoms with Gasteiger partial charge in [-0.3, -0.25) is 4.79 Å². The van der Waals surface area contributed by atoms with Crippen LogP contribution in [0, 0.1) is 0 Å². The minimum Gasteiger partial charge on any atom is -0.486 e. The van der Waals surface area contributed by atoms with E-state index < -0.39 is 0 Å². The molecule has 0 N–H and O–H groups in total. The van der Waals surface area contributed by atoms with Crippen LogP contribution in [0.4, 0.5) is 5.69 Å². The Bertz CT molecular complexity index is 1010. The lowest BCUT2D eigenvalue weighted by Crippen LogP contribution is -2.40. The number of rotatable bonds is 4. The maximum atomic E-state index is 12.6. The van der Waals surface area contributed by atoms with Gasteiger partial charge in [-0.25, -0.2) is 0 Å². The van der Waals surface area contributed by atoms with Crippen molar-refractivity contribution in [3.63, 3.8) is 0 Å². The van der Waals surface area contributed by atoms with Crippen LogP contribution >= 0.6 is 11.6 Å². The first kappa shape index (κ1) is 17.4. The molecule has 6 nitrogen and oxygen atoms in total. The molecule has 1 aliphatic rings. The molecule has 0 spiro atoms. The van der Waals surface area contributed by atoms with Gasteiger partial charge in [-0.2, -0.15) is 9.78 Å². The molecular weight excluding hydrogens is 366 g/mol. The lowest BCUT2D eigenvalue weighted by atomic mass is 10.2. The molecule has 0 saturated heterocycles. The molecule has 0 bridgehead atoms. The van der Waals surface area contributed by atoms with Crippen LogP contribution in [0.2, 0.25) is 5.02 Å². The van der Waals surface area contributed by atoms with Gasteiger partial charge in [-0.05, 0) is 24.3 Å². The Hall–Kier alpha value is -2.99. The molecule has 0 unspecified atom stereocenters. The Kier molecular flexibility index (Phi) is 4.73. The maximum Gasteiger partial charge on any atom is 0.292 e. The minimum atomic E-state index is -0.363. The third kappa shape index (κ3) is 3.48. The van der Waals surface area contributed by atoms with E-state index in [2.05, 4.69) is 5.10 Å². The van der Waals surface area contributed by atoms with E-state index in [1.54, 1.807) is 18.3 Å². The first-order valence-electron chi connectivity index (χ1n) is 8.56. The summed E-state index contributed by atoms with van der Waals surface area (Å²) >= 11 is 6.35. The quantitative estimate of drug-likeness (QED) is 0.692. The Morgan fingerprint density at radius 1 is 1.15 bits per heavy atom. The molecule has 0 radical (unpaired) electrons. The lowest BCUT2D eigenvalue weighted by molar-refractivity contribution is 0.0960. The number of aromatic nitrogens is 2. The van der Waals surface area contributed by atoms with E-state index in [-0.39, 0.29) is 16.7 Å². The van der Waals surface area contributed by atoms with Crippen LogP contribution in [0.15, 0.2) is 65.6 Å². The fourth-order valence-corrected chi connectivity index (χ4v) is 3.27. The smallest absolute Gasteiger partial charge is 0.292 e. The monoisotopic (exact) mass is 383 g/mol. The molecule has 7 heteroatoms. The molecule has 27 heavy (non-hydrogen) atoms. The van der Waals surface area contributed by atoms with Gasteiger partial charge in [0, 0.05) is 7.05 Å². The predicted octanol–water partition coefficient (Wildman–Crippen LogP) is 3.16.